The number of aromatic nitrogens is 2. The van der Waals surface area contributed by atoms with Gasteiger partial charge in [0.25, 0.3) is 0 Å². The van der Waals surface area contributed by atoms with Crippen LogP contribution in [0, 0.1) is 0 Å². The van der Waals surface area contributed by atoms with Gasteiger partial charge in [0.1, 0.15) is 5.75 Å². The molecule has 0 radical (unpaired) electrons. The van der Waals surface area contributed by atoms with Crippen molar-refractivity contribution in [2.24, 2.45) is 0 Å². The zero-order valence-electron chi connectivity index (χ0n) is 15.3. The quantitative estimate of drug-likeness (QED) is 0.438. The third kappa shape index (κ3) is 4.21. The lowest BCUT2D eigenvalue weighted by molar-refractivity contribution is -0.116. The molecule has 0 unspecified atom stereocenters. The molecule has 4 rings (SSSR count). The number of benzene rings is 2. The minimum absolute atomic E-state index is 0.0315. The van der Waals surface area contributed by atoms with E-state index in [1.807, 2.05) is 66.0 Å². The number of para-hydroxylation sites is 2. The number of imidazole rings is 1. The fraction of sp³-hybridized carbons (Fsp3) is 0.143. The van der Waals surface area contributed by atoms with E-state index < -0.39 is 0 Å². The van der Waals surface area contributed by atoms with Crippen LogP contribution in [-0.2, 0) is 11.3 Å². The second-order valence-corrected chi connectivity index (χ2v) is 8.10. The van der Waals surface area contributed by atoms with Crippen molar-refractivity contribution in [2.75, 3.05) is 17.8 Å². The number of amides is 1. The summed E-state index contributed by atoms with van der Waals surface area (Å²) in [5.41, 5.74) is 2.73. The Morgan fingerprint density at radius 2 is 1.96 bits per heavy atom. The Hall–Kier alpha value is -2.77. The molecule has 0 saturated carbocycles. The largest absolute Gasteiger partial charge is 0.497 e. The van der Waals surface area contributed by atoms with Gasteiger partial charge in [-0.05, 0) is 47.8 Å². The van der Waals surface area contributed by atoms with Gasteiger partial charge in [0.15, 0.2) is 5.16 Å². The molecule has 2 heterocycles. The van der Waals surface area contributed by atoms with E-state index in [0.717, 1.165) is 32.5 Å². The predicted octanol–water partition coefficient (Wildman–Crippen LogP) is 4.96. The van der Waals surface area contributed by atoms with Gasteiger partial charge in [-0.15, -0.1) is 11.3 Å². The van der Waals surface area contributed by atoms with E-state index in [9.17, 15) is 4.79 Å². The third-order valence-corrected chi connectivity index (χ3v) is 6.00. The van der Waals surface area contributed by atoms with E-state index in [-0.39, 0.29) is 5.91 Å². The number of nitrogens with zero attached hydrogens (tertiary/aromatic N) is 2. The zero-order valence-corrected chi connectivity index (χ0v) is 16.9. The summed E-state index contributed by atoms with van der Waals surface area (Å²) in [4.78, 5) is 23.8. The Bertz CT molecular complexity index is 1030. The van der Waals surface area contributed by atoms with Crippen molar-refractivity contribution in [3.8, 4) is 5.75 Å². The van der Waals surface area contributed by atoms with Crippen LogP contribution >= 0.6 is 23.1 Å². The van der Waals surface area contributed by atoms with Crippen LogP contribution in [0.5, 0.6) is 5.75 Å². The average Bonchev–Trinajstić information content (AvgIpc) is 3.39. The molecular weight excluding hydrogens is 390 g/mol. The molecule has 1 N–H and O–H groups in total. The molecule has 2 aromatic carbocycles. The second kappa shape index (κ2) is 8.50. The molecule has 1 amide bonds. The van der Waals surface area contributed by atoms with E-state index in [4.69, 9.17) is 4.74 Å². The molecule has 0 spiro atoms. The predicted molar refractivity (Wildman–Crippen MR) is 115 cm³/mol. The number of methoxy groups -OCH3 is 1. The number of thioether (sulfide) groups is 1. The Kier molecular flexibility index (Phi) is 5.64. The van der Waals surface area contributed by atoms with Crippen LogP contribution in [0.15, 0.2) is 71.2 Å². The second-order valence-electron chi connectivity index (χ2n) is 6.11. The van der Waals surface area contributed by atoms with Gasteiger partial charge >= 0.3 is 0 Å². The molecule has 2 aromatic heterocycles. The minimum Gasteiger partial charge on any atom is -0.497 e. The molecule has 142 valence electrons. The van der Waals surface area contributed by atoms with Crippen LogP contribution in [0.25, 0.3) is 11.0 Å². The Morgan fingerprint density at radius 1 is 1.14 bits per heavy atom. The molecule has 0 fully saturated rings. The number of anilines is 1. The van der Waals surface area contributed by atoms with Crippen molar-refractivity contribution in [3.05, 3.63) is 70.9 Å². The summed E-state index contributed by atoms with van der Waals surface area (Å²) < 4.78 is 5.23. The summed E-state index contributed by atoms with van der Waals surface area (Å²) >= 11 is 3.06. The summed E-state index contributed by atoms with van der Waals surface area (Å²) in [5.74, 6) is 1.10. The number of carbonyl (C=O) groups excluding carboxylic acids is 1. The maximum absolute atomic E-state index is 13.0. The summed E-state index contributed by atoms with van der Waals surface area (Å²) in [6, 6.07) is 19.5. The standard InChI is InChI=1S/C21H19N3O2S2/c1-26-16-10-8-15(9-11-16)24(13-17-5-4-12-27-17)20(25)14-28-21-22-18-6-2-3-7-19(18)23-21/h2-12H,13-14H2,1H3,(H,22,23). The first-order chi connectivity index (χ1) is 13.7. The van der Waals surface area contributed by atoms with Gasteiger partial charge in [-0.3, -0.25) is 4.79 Å². The molecular formula is C21H19N3O2S2. The number of aromatic amines is 1. The van der Waals surface area contributed by atoms with E-state index in [1.165, 1.54) is 11.8 Å². The Morgan fingerprint density at radius 3 is 2.68 bits per heavy atom. The molecule has 7 heteroatoms. The first-order valence-corrected chi connectivity index (χ1v) is 10.6. The molecule has 0 atom stereocenters. The van der Waals surface area contributed by atoms with Crippen LogP contribution in [0.2, 0.25) is 0 Å². The molecule has 0 aliphatic heterocycles. The van der Waals surface area contributed by atoms with E-state index in [0.29, 0.717) is 12.3 Å². The SMILES string of the molecule is COc1ccc(N(Cc2cccs2)C(=O)CSc2nc3ccccc3[nH]2)cc1. The van der Waals surface area contributed by atoms with E-state index in [2.05, 4.69) is 9.97 Å². The van der Waals surface area contributed by atoms with Crippen molar-refractivity contribution in [3.63, 3.8) is 0 Å². The van der Waals surface area contributed by atoms with Crippen LogP contribution in [0.3, 0.4) is 0 Å². The Labute approximate surface area is 171 Å². The monoisotopic (exact) mass is 409 g/mol. The van der Waals surface area contributed by atoms with Crippen LogP contribution in [0.1, 0.15) is 4.88 Å². The normalized spacial score (nSPS) is 10.9. The van der Waals surface area contributed by atoms with Crippen LogP contribution in [0.4, 0.5) is 5.69 Å². The molecule has 4 aromatic rings. The number of ether oxygens (including phenoxy) is 1. The number of hydrogen-bond donors (Lipinski definition) is 1. The summed E-state index contributed by atoms with van der Waals surface area (Å²) in [5, 5.41) is 2.77. The fourth-order valence-corrected chi connectivity index (χ4v) is 4.30. The first kappa shape index (κ1) is 18.6. The lowest BCUT2D eigenvalue weighted by Gasteiger charge is -2.22. The van der Waals surface area contributed by atoms with Crippen molar-refractivity contribution >= 4 is 45.7 Å². The minimum atomic E-state index is 0.0315. The summed E-state index contributed by atoms with van der Waals surface area (Å²) in [7, 11) is 1.63. The summed E-state index contributed by atoms with van der Waals surface area (Å²) in [6.45, 7) is 0.545. The number of thiophene rings is 1. The van der Waals surface area contributed by atoms with Crippen LogP contribution in [-0.4, -0.2) is 28.7 Å². The highest BCUT2D eigenvalue weighted by Gasteiger charge is 2.18. The van der Waals surface area contributed by atoms with Crippen LogP contribution < -0.4 is 9.64 Å². The molecule has 0 aliphatic carbocycles. The van der Waals surface area contributed by atoms with Crippen molar-refractivity contribution in [1.82, 2.24) is 9.97 Å². The number of hydrogen-bond acceptors (Lipinski definition) is 5. The van der Waals surface area contributed by atoms with Gasteiger partial charge in [0, 0.05) is 10.6 Å². The van der Waals surface area contributed by atoms with Gasteiger partial charge < -0.3 is 14.6 Å². The highest BCUT2D eigenvalue weighted by molar-refractivity contribution is 7.99. The molecule has 28 heavy (non-hydrogen) atoms. The molecule has 5 nitrogen and oxygen atoms in total. The number of rotatable bonds is 7. The molecule has 0 bridgehead atoms. The molecule has 0 saturated heterocycles. The topological polar surface area (TPSA) is 58.2 Å². The highest BCUT2D eigenvalue weighted by atomic mass is 32.2. The maximum atomic E-state index is 13.0. The Balaban J connectivity index is 1.51. The van der Waals surface area contributed by atoms with Crippen molar-refractivity contribution in [2.45, 2.75) is 11.7 Å². The van der Waals surface area contributed by atoms with Gasteiger partial charge in [-0.1, -0.05) is 30.0 Å². The first-order valence-electron chi connectivity index (χ1n) is 8.77. The molecule has 0 aliphatic rings. The number of fused-ring (bicyclic) bond motifs is 1. The van der Waals surface area contributed by atoms with E-state index in [1.54, 1.807) is 23.3 Å². The smallest absolute Gasteiger partial charge is 0.237 e. The average molecular weight is 410 g/mol. The van der Waals surface area contributed by atoms with Gasteiger partial charge in [0.2, 0.25) is 5.91 Å². The number of carbonyl (C=O) groups is 1. The fourth-order valence-electron chi connectivity index (χ4n) is 2.85. The lowest BCUT2D eigenvalue weighted by atomic mass is 10.2. The number of H-pyrrole nitrogens is 1. The third-order valence-electron chi connectivity index (χ3n) is 4.28. The van der Waals surface area contributed by atoms with Crippen molar-refractivity contribution in [1.29, 1.82) is 0 Å². The van der Waals surface area contributed by atoms with Gasteiger partial charge in [-0.25, -0.2) is 4.98 Å². The maximum Gasteiger partial charge on any atom is 0.237 e. The highest BCUT2D eigenvalue weighted by Crippen LogP contribution is 2.25. The van der Waals surface area contributed by atoms with E-state index >= 15 is 0 Å². The van der Waals surface area contributed by atoms with Crippen molar-refractivity contribution < 1.29 is 9.53 Å². The summed E-state index contributed by atoms with van der Waals surface area (Å²) in [6.07, 6.45) is 0. The number of nitrogens with one attached hydrogen (secondary N) is 1. The van der Waals surface area contributed by atoms with Gasteiger partial charge in [0.05, 0.1) is 30.4 Å². The lowest BCUT2D eigenvalue weighted by Crippen LogP contribution is -2.31. The zero-order chi connectivity index (χ0) is 19.3. The van der Waals surface area contributed by atoms with Gasteiger partial charge in [-0.2, -0.15) is 0 Å².